The summed E-state index contributed by atoms with van der Waals surface area (Å²) in [6, 6.07) is 0. The predicted molar refractivity (Wildman–Crippen MR) is 153 cm³/mol. The molecular formula is C34H42O10. The summed E-state index contributed by atoms with van der Waals surface area (Å²) in [5.41, 5.74) is -4.94. The normalized spacial score (nSPS) is 53.1. The zero-order valence-electron chi connectivity index (χ0n) is 26.1. The molecular weight excluding hydrogens is 568 g/mol. The Balaban J connectivity index is 1.44. The summed E-state index contributed by atoms with van der Waals surface area (Å²) in [5, 5.41) is 24.3. The maximum absolute atomic E-state index is 14.7. The van der Waals surface area contributed by atoms with E-state index in [1.54, 1.807) is 13.8 Å². The van der Waals surface area contributed by atoms with Crippen molar-refractivity contribution >= 4 is 23.9 Å². The minimum Gasteiger partial charge on any atom is -0.462 e. The van der Waals surface area contributed by atoms with Crippen LogP contribution in [0.25, 0.3) is 0 Å². The van der Waals surface area contributed by atoms with Crippen molar-refractivity contribution in [2.24, 2.45) is 45.8 Å². The van der Waals surface area contributed by atoms with Gasteiger partial charge in [-0.1, -0.05) is 37.3 Å². The van der Waals surface area contributed by atoms with Crippen molar-refractivity contribution in [2.75, 3.05) is 0 Å². The number of aliphatic hydroxyl groups is 2. The van der Waals surface area contributed by atoms with Gasteiger partial charge in [0.1, 0.15) is 24.4 Å². The Morgan fingerprint density at radius 3 is 2.27 bits per heavy atom. The lowest BCUT2D eigenvalue weighted by molar-refractivity contribution is -0.166. The van der Waals surface area contributed by atoms with E-state index in [1.807, 2.05) is 26.0 Å². The number of fused-ring (bicyclic) bond motifs is 6. The van der Waals surface area contributed by atoms with Crippen molar-refractivity contribution < 1.29 is 48.3 Å². The van der Waals surface area contributed by atoms with Gasteiger partial charge >= 0.3 is 23.9 Å². The van der Waals surface area contributed by atoms with Crippen molar-refractivity contribution in [1.29, 1.82) is 0 Å². The van der Waals surface area contributed by atoms with E-state index in [-0.39, 0.29) is 36.7 Å². The van der Waals surface area contributed by atoms with Gasteiger partial charge in [0.05, 0.1) is 28.5 Å². The van der Waals surface area contributed by atoms with Crippen LogP contribution < -0.4 is 0 Å². The first-order valence-corrected chi connectivity index (χ1v) is 15.7. The average molecular weight is 611 g/mol. The monoisotopic (exact) mass is 610 g/mol. The van der Waals surface area contributed by atoms with E-state index in [0.29, 0.717) is 6.42 Å². The molecule has 2 heterocycles. The molecule has 0 aromatic rings. The summed E-state index contributed by atoms with van der Waals surface area (Å²) >= 11 is 0. The number of ether oxygens (including phenoxy) is 4. The molecule has 14 atom stereocenters. The first kappa shape index (κ1) is 29.7. The van der Waals surface area contributed by atoms with Gasteiger partial charge in [-0.3, -0.25) is 14.4 Å². The molecule has 5 aliphatic carbocycles. The lowest BCUT2D eigenvalue weighted by Crippen LogP contribution is -2.54. The molecule has 2 N–H and O–H groups in total. The predicted octanol–water partition coefficient (Wildman–Crippen LogP) is 2.95. The summed E-state index contributed by atoms with van der Waals surface area (Å²) in [5.74, 6) is -4.60. The van der Waals surface area contributed by atoms with Gasteiger partial charge in [0, 0.05) is 60.8 Å². The van der Waals surface area contributed by atoms with Crippen LogP contribution in [0.5, 0.6) is 0 Å². The van der Waals surface area contributed by atoms with Crippen LogP contribution in [-0.4, -0.2) is 69.7 Å². The largest absolute Gasteiger partial charge is 0.462 e. The molecule has 7 rings (SSSR count). The number of carbonyl (C=O) groups is 4. The van der Waals surface area contributed by atoms with Crippen LogP contribution in [0.2, 0.25) is 0 Å². The zero-order chi connectivity index (χ0) is 31.9. The Hall–Kier alpha value is -2.98. The summed E-state index contributed by atoms with van der Waals surface area (Å²) in [7, 11) is 0. The summed E-state index contributed by atoms with van der Waals surface area (Å²) in [4.78, 5) is 52.6. The second-order valence-corrected chi connectivity index (χ2v) is 15.3. The van der Waals surface area contributed by atoms with E-state index in [2.05, 4.69) is 12.7 Å². The second kappa shape index (κ2) is 8.84. The molecule has 14 unspecified atom stereocenters. The van der Waals surface area contributed by atoms with Crippen LogP contribution in [0.4, 0.5) is 0 Å². The fourth-order valence-corrected chi connectivity index (χ4v) is 11.4. The molecule has 10 nitrogen and oxygen atoms in total. The van der Waals surface area contributed by atoms with Gasteiger partial charge in [-0.2, -0.15) is 0 Å². The Morgan fingerprint density at radius 2 is 1.61 bits per heavy atom. The SMILES string of the molecule is C=C1C(=O)OC2C1C(OC(C)=O)CC(C)(O)C13C=CC(C)(C21)C1(C3)C(=O)OC2C3C(C)=CCC3C(C)(O)CC(OC(C)=O)C21. The Labute approximate surface area is 256 Å². The fourth-order valence-electron chi connectivity index (χ4n) is 11.4. The lowest BCUT2D eigenvalue weighted by Gasteiger charge is -2.47. The number of allylic oxidation sites excluding steroid dienone is 2. The molecule has 0 radical (unpaired) electrons. The Bertz CT molecular complexity index is 1460. The van der Waals surface area contributed by atoms with Crippen LogP contribution in [0.1, 0.15) is 67.2 Å². The topological polar surface area (TPSA) is 146 Å². The quantitative estimate of drug-likeness (QED) is 0.207. The van der Waals surface area contributed by atoms with Gasteiger partial charge < -0.3 is 29.2 Å². The standard InChI is InChI=1S/C34H42O10/c1-15-8-9-19-22(15)25-24(21(42-18(4)36)12-31(19,6)39)34(29(38)44-25)14-33-11-10-30(34,5)27(33)26-23(16(2)28(37)43-26)20(41-17(3)35)13-32(33,7)40/h8,10-11,19-27,39-40H,2,9,12-14H2,1,3-7H3. The first-order valence-electron chi connectivity index (χ1n) is 15.7. The number of hydrogen-bond acceptors (Lipinski definition) is 10. The van der Waals surface area contributed by atoms with E-state index in [1.165, 1.54) is 13.8 Å². The van der Waals surface area contributed by atoms with Gasteiger partial charge in [-0.05, 0) is 33.6 Å². The highest BCUT2D eigenvalue weighted by atomic mass is 16.6. The van der Waals surface area contributed by atoms with Crippen molar-refractivity contribution in [1.82, 2.24) is 0 Å². The molecule has 0 aromatic heterocycles. The molecule has 3 saturated carbocycles. The van der Waals surface area contributed by atoms with E-state index in [0.717, 1.165) is 5.57 Å². The van der Waals surface area contributed by atoms with Crippen LogP contribution in [0.15, 0.2) is 36.0 Å². The van der Waals surface area contributed by atoms with Crippen LogP contribution >= 0.6 is 0 Å². The number of esters is 4. The summed E-state index contributed by atoms with van der Waals surface area (Å²) < 4.78 is 24.2. The van der Waals surface area contributed by atoms with Crippen LogP contribution in [0, 0.1) is 45.8 Å². The second-order valence-electron chi connectivity index (χ2n) is 15.3. The molecule has 2 saturated heterocycles. The fraction of sp³-hybridized carbons (Fsp3) is 0.706. The average Bonchev–Trinajstić information content (AvgIpc) is 3.61. The molecule has 44 heavy (non-hydrogen) atoms. The van der Waals surface area contributed by atoms with Gasteiger partial charge in [0.15, 0.2) is 0 Å². The van der Waals surface area contributed by atoms with Crippen LogP contribution in [0.3, 0.4) is 0 Å². The molecule has 0 aromatic carbocycles. The molecule has 238 valence electrons. The molecule has 2 aliphatic heterocycles. The van der Waals surface area contributed by atoms with E-state index >= 15 is 0 Å². The molecule has 1 spiro atoms. The molecule has 10 heteroatoms. The zero-order valence-corrected chi connectivity index (χ0v) is 26.1. The van der Waals surface area contributed by atoms with E-state index in [9.17, 15) is 29.4 Å². The molecule has 0 amide bonds. The van der Waals surface area contributed by atoms with Crippen LogP contribution in [-0.2, 0) is 38.1 Å². The highest BCUT2D eigenvalue weighted by molar-refractivity contribution is 5.91. The molecule has 2 bridgehead atoms. The third-order valence-electron chi connectivity index (χ3n) is 13.0. The maximum Gasteiger partial charge on any atom is 0.334 e. The Kier molecular flexibility index (Phi) is 5.97. The molecule has 7 aliphatic rings. The lowest BCUT2D eigenvalue weighted by atomic mass is 9.54. The van der Waals surface area contributed by atoms with E-state index in [4.69, 9.17) is 18.9 Å². The van der Waals surface area contributed by atoms with Crippen molar-refractivity contribution in [3.8, 4) is 0 Å². The van der Waals surface area contributed by atoms with E-state index < -0.39 is 93.5 Å². The van der Waals surface area contributed by atoms with Gasteiger partial charge in [-0.15, -0.1) is 0 Å². The Morgan fingerprint density at radius 1 is 0.955 bits per heavy atom. The minimum atomic E-state index is -1.51. The van der Waals surface area contributed by atoms with Crippen molar-refractivity contribution in [3.05, 3.63) is 36.0 Å². The smallest absolute Gasteiger partial charge is 0.334 e. The maximum atomic E-state index is 14.7. The highest BCUT2D eigenvalue weighted by Crippen LogP contribution is 2.80. The van der Waals surface area contributed by atoms with Gasteiger partial charge in [0.2, 0.25) is 0 Å². The van der Waals surface area contributed by atoms with Gasteiger partial charge in [-0.25, -0.2) is 4.79 Å². The van der Waals surface area contributed by atoms with Crippen molar-refractivity contribution in [2.45, 2.75) is 103 Å². The van der Waals surface area contributed by atoms with Gasteiger partial charge in [0.25, 0.3) is 0 Å². The summed E-state index contributed by atoms with van der Waals surface area (Å²) in [6.07, 6.45) is 3.63. The molecule has 5 fully saturated rings. The third kappa shape index (κ3) is 3.39. The van der Waals surface area contributed by atoms with Crippen molar-refractivity contribution in [3.63, 3.8) is 0 Å². The minimum absolute atomic E-state index is 0.00577. The highest BCUT2D eigenvalue weighted by Gasteiger charge is 2.85. The summed E-state index contributed by atoms with van der Waals surface area (Å²) in [6.45, 7) is 14.0. The first-order chi connectivity index (χ1) is 20.4. The number of hydrogen-bond donors (Lipinski definition) is 2. The third-order valence-corrected chi connectivity index (χ3v) is 13.0. The number of rotatable bonds is 2. The number of carbonyl (C=O) groups excluding carboxylic acids is 4.